The molecule has 0 aliphatic rings. The lowest BCUT2D eigenvalue weighted by Gasteiger charge is -2.01. The van der Waals surface area contributed by atoms with Gasteiger partial charge < -0.3 is 0 Å². The van der Waals surface area contributed by atoms with Gasteiger partial charge in [-0.15, -0.1) is 0 Å². The summed E-state index contributed by atoms with van der Waals surface area (Å²) in [6.07, 6.45) is 21.6. The van der Waals surface area contributed by atoms with E-state index in [9.17, 15) is 8.42 Å². The van der Waals surface area contributed by atoms with Gasteiger partial charge in [-0.1, -0.05) is 76.9 Å². The number of allylic oxidation sites excluding steroid dienone is 2. The van der Waals surface area contributed by atoms with Crippen LogP contribution in [-0.2, 0) is 14.6 Å². The van der Waals surface area contributed by atoms with Crippen LogP contribution in [0.3, 0.4) is 0 Å². The van der Waals surface area contributed by atoms with Crippen LogP contribution in [0.2, 0.25) is 0 Å². The van der Waals surface area contributed by atoms with Crippen LogP contribution in [-0.4, -0.2) is 19.6 Å². The Labute approximate surface area is 143 Å². The van der Waals surface area contributed by atoms with Crippen molar-refractivity contribution in [2.75, 3.05) is 6.61 Å². The van der Waals surface area contributed by atoms with Crippen molar-refractivity contribution in [3.63, 3.8) is 0 Å². The predicted octanol–water partition coefficient (Wildman–Crippen LogP) is 5.84. The van der Waals surface area contributed by atoms with E-state index >= 15 is 0 Å². The third-order valence-corrected chi connectivity index (χ3v) is 4.35. The van der Waals surface area contributed by atoms with Gasteiger partial charge in [0.15, 0.2) is 0 Å². The first-order valence-corrected chi connectivity index (χ1v) is 10.7. The van der Waals surface area contributed by atoms with Gasteiger partial charge in [0.25, 0.3) is 0 Å². The van der Waals surface area contributed by atoms with Gasteiger partial charge in [0.05, 0.1) is 6.61 Å². The number of rotatable bonds is 17. The summed E-state index contributed by atoms with van der Waals surface area (Å²) in [5, 5.41) is 0. The molecule has 0 aliphatic heterocycles. The Morgan fingerprint density at radius 3 is 1.65 bits per heavy atom. The Bertz CT molecular complexity index is 363. The van der Waals surface area contributed by atoms with Crippen molar-refractivity contribution in [1.82, 2.24) is 0 Å². The molecule has 0 spiro atoms. The molecule has 5 heteroatoms. The van der Waals surface area contributed by atoms with Crippen LogP contribution in [0.25, 0.3) is 0 Å². The van der Waals surface area contributed by atoms with Gasteiger partial charge >= 0.3 is 10.4 Å². The largest absolute Gasteiger partial charge is 0.397 e. The van der Waals surface area contributed by atoms with Crippen LogP contribution >= 0.6 is 0 Å². The minimum atomic E-state index is -4.26. The van der Waals surface area contributed by atoms with Crippen molar-refractivity contribution >= 4 is 10.4 Å². The van der Waals surface area contributed by atoms with Gasteiger partial charge in [0.2, 0.25) is 0 Å². The van der Waals surface area contributed by atoms with Gasteiger partial charge in [0, 0.05) is 0 Å². The van der Waals surface area contributed by atoms with E-state index in [1.54, 1.807) is 0 Å². The maximum atomic E-state index is 10.3. The molecular formula is C18H36O4S. The summed E-state index contributed by atoms with van der Waals surface area (Å²) in [6, 6.07) is 0. The van der Waals surface area contributed by atoms with Crippen molar-refractivity contribution in [2.45, 2.75) is 96.8 Å². The zero-order valence-corrected chi connectivity index (χ0v) is 15.7. The molecule has 1 N–H and O–H groups in total. The molecule has 0 aromatic heterocycles. The first kappa shape index (κ1) is 22.6. The lowest BCUT2D eigenvalue weighted by molar-refractivity contribution is 0.262. The second-order valence-corrected chi connectivity index (χ2v) is 7.28. The molecule has 138 valence electrons. The van der Waals surface area contributed by atoms with E-state index in [-0.39, 0.29) is 6.61 Å². The average molecular weight is 349 g/mol. The molecule has 0 aromatic rings. The number of unbranched alkanes of at least 4 members (excludes halogenated alkanes) is 12. The molecule has 0 amide bonds. The maximum Gasteiger partial charge on any atom is 0.397 e. The first-order chi connectivity index (χ1) is 11.1. The molecule has 0 aromatic carbocycles. The van der Waals surface area contributed by atoms with Gasteiger partial charge in [0.1, 0.15) is 0 Å². The first-order valence-electron chi connectivity index (χ1n) is 9.33. The normalized spacial score (nSPS) is 12.3. The van der Waals surface area contributed by atoms with Crippen molar-refractivity contribution in [1.29, 1.82) is 0 Å². The highest BCUT2D eigenvalue weighted by Crippen LogP contribution is 2.11. The summed E-state index contributed by atoms with van der Waals surface area (Å²) in [7, 11) is -4.26. The molecule has 0 saturated heterocycles. The monoisotopic (exact) mass is 348 g/mol. The summed E-state index contributed by atoms with van der Waals surface area (Å²) < 4.78 is 33.3. The van der Waals surface area contributed by atoms with E-state index < -0.39 is 10.4 Å². The van der Waals surface area contributed by atoms with Crippen LogP contribution < -0.4 is 0 Å². The summed E-state index contributed by atoms with van der Waals surface area (Å²) in [5.41, 5.74) is 0. The SMILES string of the molecule is CCCCCCCCCCCC=CCCCCCOS(=O)(=O)O. The summed E-state index contributed by atoms with van der Waals surface area (Å²) in [5.74, 6) is 0. The maximum absolute atomic E-state index is 10.3. The molecule has 0 fully saturated rings. The molecule has 0 unspecified atom stereocenters. The lowest BCUT2D eigenvalue weighted by Crippen LogP contribution is -2.04. The van der Waals surface area contributed by atoms with Crippen LogP contribution in [0.1, 0.15) is 96.8 Å². The van der Waals surface area contributed by atoms with E-state index in [4.69, 9.17) is 4.55 Å². The third-order valence-electron chi connectivity index (χ3n) is 3.89. The second kappa shape index (κ2) is 16.5. The Morgan fingerprint density at radius 1 is 0.739 bits per heavy atom. The molecule has 0 heterocycles. The van der Waals surface area contributed by atoms with Crippen molar-refractivity contribution < 1.29 is 17.2 Å². The van der Waals surface area contributed by atoms with E-state index in [1.165, 1.54) is 64.2 Å². The smallest absolute Gasteiger partial charge is 0.264 e. The number of hydrogen-bond donors (Lipinski definition) is 1. The van der Waals surface area contributed by atoms with Gasteiger partial charge in [-0.3, -0.25) is 4.55 Å². The molecule has 0 saturated carbocycles. The van der Waals surface area contributed by atoms with E-state index in [0.29, 0.717) is 6.42 Å². The standard InChI is InChI=1S/C18H36O4S/c1-2-3-4-5-6-7-8-9-10-11-12-13-14-15-16-17-18-22-23(19,20)21/h12-13H,2-11,14-18H2,1H3,(H,19,20,21). The Morgan fingerprint density at radius 2 is 1.17 bits per heavy atom. The van der Waals surface area contributed by atoms with E-state index in [0.717, 1.165) is 19.3 Å². The van der Waals surface area contributed by atoms with Crippen molar-refractivity contribution in [2.24, 2.45) is 0 Å². The van der Waals surface area contributed by atoms with Crippen LogP contribution in [0, 0.1) is 0 Å². The lowest BCUT2D eigenvalue weighted by atomic mass is 10.1. The molecule has 0 atom stereocenters. The fraction of sp³-hybridized carbons (Fsp3) is 0.889. The topological polar surface area (TPSA) is 63.6 Å². The number of hydrogen-bond acceptors (Lipinski definition) is 3. The van der Waals surface area contributed by atoms with E-state index in [2.05, 4.69) is 23.3 Å². The third kappa shape index (κ3) is 21.6. The van der Waals surface area contributed by atoms with Crippen LogP contribution in [0.4, 0.5) is 0 Å². The molecular weight excluding hydrogens is 312 g/mol. The molecule has 0 aliphatic carbocycles. The molecule has 0 rings (SSSR count). The fourth-order valence-corrected chi connectivity index (χ4v) is 2.84. The minimum Gasteiger partial charge on any atom is -0.264 e. The van der Waals surface area contributed by atoms with Gasteiger partial charge in [-0.2, -0.15) is 8.42 Å². The fourth-order valence-electron chi connectivity index (χ4n) is 2.51. The molecule has 0 radical (unpaired) electrons. The highest BCUT2D eigenvalue weighted by atomic mass is 32.3. The Kier molecular flexibility index (Phi) is 16.2. The molecule has 23 heavy (non-hydrogen) atoms. The summed E-state index contributed by atoms with van der Waals surface area (Å²) >= 11 is 0. The zero-order chi connectivity index (χ0) is 17.2. The Hall–Kier alpha value is -0.390. The minimum absolute atomic E-state index is 0.0704. The van der Waals surface area contributed by atoms with Crippen LogP contribution in [0.15, 0.2) is 12.2 Å². The second-order valence-electron chi connectivity index (χ2n) is 6.19. The molecule has 4 nitrogen and oxygen atoms in total. The van der Waals surface area contributed by atoms with E-state index in [1.807, 2.05) is 0 Å². The van der Waals surface area contributed by atoms with Gasteiger partial charge in [-0.05, 0) is 32.1 Å². The predicted molar refractivity (Wildman–Crippen MR) is 97.0 cm³/mol. The summed E-state index contributed by atoms with van der Waals surface area (Å²) in [4.78, 5) is 0. The van der Waals surface area contributed by atoms with Gasteiger partial charge in [-0.25, -0.2) is 4.18 Å². The highest BCUT2D eigenvalue weighted by Gasteiger charge is 2.02. The average Bonchev–Trinajstić information content (AvgIpc) is 2.49. The quantitative estimate of drug-likeness (QED) is 0.204. The molecule has 0 bridgehead atoms. The van der Waals surface area contributed by atoms with Crippen LogP contribution in [0.5, 0.6) is 0 Å². The summed E-state index contributed by atoms with van der Waals surface area (Å²) in [6.45, 7) is 2.33. The van der Waals surface area contributed by atoms with Crippen molar-refractivity contribution in [3.05, 3.63) is 12.2 Å². The Balaban J connectivity index is 3.14. The highest BCUT2D eigenvalue weighted by molar-refractivity contribution is 7.80. The zero-order valence-electron chi connectivity index (χ0n) is 14.8. The van der Waals surface area contributed by atoms with Crippen molar-refractivity contribution in [3.8, 4) is 0 Å².